The third-order valence-corrected chi connectivity index (χ3v) is 5.70. The Labute approximate surface area is 179 Å². The van der Waals surface area contributed by atoms with E-state index in [2.05, 4.69) is 82.8 Å². The minimum atomic E-state index is 0.768. The van der Waals surface area contributed by atoms with E-state index in [4.69, 9.17) is 9.97 Å². The summed E-state index contributed by atoms with van der Waals surface area (Å²) in [6.45, 7) is 10.0. The fourth-order valence-corrected chi connectivity index (χ4v) is 3.85. The summed E-state index contributed by atoms with van der Waals surface area (Å²) in [5.41, 5.74) is 5.92. The monoisotopic (exact) mass is 402 g/mol. The summed E-state index contributed by atoms with van der Waals surface area (Å²) >= 11 is 0. The van der Waals surface area contributed by atoms with Crippen LogP contribution in [0.5, 0.6) is 0 Å². The van der Waals surface area contributed by atoms with Crippen molar-refractivity contribution < 1.29 is 0 Å². The molecule has 0 spiro atoms. The summed E-state index contributed by atoms with van der Waals surface area (Å²) in [6.07, 6.45) is 0. The number of aryl methyl sites for hydroxylation is 2. The second-order valence-corrected chi connectivity index (χ2v) is 7.85. The van der Waals surface area contributed by atoms with Gasteiger partial charge in [0.25, 0.3) is 0 Å². The molecule has 1 aromatic heterocycles. The van der Waals surface area contributed by atoms with Crippen LogP contribution in [0.3, 0.4) is 0 Å². The van der Waals surface area contributed by atoms with Crippen LogP contribution in [0, 0.1) is 20.8 Å². The molecule has 2 aromatic carbocycles. The van der Waals surface area contributed by atoms with E-state index in [0.29, 0.717) is 0 Å². The number of hydrogen-bond acceptors (Lipinski definition) is 6. The van der Waals surface area contributed by atoms with Crippen molar-refractivity contribution in [2.24, 2.45) is 0 Å². The lowest BCUT2D eigenvalue weighted by molar-refractivity contribution is 0.639. The Hall–Kier alpha value is -3.28. The number of nitrogens with zero attached hydrogens (tertiary/aromatic N) is 4. The molecular weight excluding hydrogens is 372 g/mol. The van der Waals surface area contributed by atoms with Gasteiger partial charge in [-0.05, 0) is 44.5 Å². The molecular formula is C24H30N6. The number of nitrogens with one attached hydrogen (secondary N) is 2. The van der Waals surface area contributed by atoms with Crippen molar-refractivity contribution >= 4 is 29.0 Å². The standard InChI is InChI=1S/C24H30N6/c1-17-9-11-20(12-10-17)26-23-19(3)22(25-4)27-24(28-23)30-15-13-29(14-16-30)21-8-6-5-7-18(21)2/h5-12H,13-16H2,1-4H3,(H2,25,26,27,28). The first-order chi connectivity index (χ1) is 14.5. The van der Waals surface area contributed by atoms with Crippen LogP contribution < -0.4 is 20.4 Å². The molecule has 6 heteroatoms. The maximum Gasteiger partial charge on any atom is 0.229 e. The Morgan fingerprint density at radius 1 is 0.767 bits per heavy atom. The highest BCUT2D eigenvalue weighted by molar-refractivity contribution is 5.67. The van der Waals surface area contributed by atoms with Crippen LogP contribution in [-0.2, 0) is 0 Å². The number of anilines is 5. The van der Waals surface area contributed by atoms with Gasteiger partial charge >= 0.3 is 0 Å². The van der Waals surface area contributed by atoms with Crippen LogP contribution in [0.15, 0.2) is 48.5 Å². The molecule has 6 nitrogen and oxygen atoms in total. The first-order valence-electron chi connectivity index (χ1n) is 10.5. The van der Waals surface area contributed by atoms with Crippen molar-refractivity contribution in [2.45, 2.75) is 20.8 Å². The molecule has 2 heterocycles. The van der Waals surface area contributed by atoms with E-state index < -0.39 is 0 Å². The molecule has 1 saturated heterocycles. The van der Waals surface area contributed by atoms with Crippen LogP contribution >= 0.6 is 0 Å². The van der Waals surface area contributed by atoms with Crippen LogP contribution in [0.25, 0.3) is 0 Å². The average molecular weight is 403 g/mol. The Morgan fingerprint density at radius 3 is 2.07 bits per heavy atom. The molecule has 0 unspecified atom stereocenters. The van der Waals surface area contributed by atoms with Gasteiger partial charge in [0.1, 0.15) is 11.6 Å². The van der Waals surface area contributed by atoms with Gasteiger partial charge in [0.2, 0.25) is 5.95 Å². The third-order valence-electron chi connectivity index (χ3n) is 5.70. The zero-order valence-corrected chi connectivity index (χ0v) is 18.2. The lowest BCUT2D eigenvalue weighted by Crippen LogP contribution is -2.47. The first-order valence-corrected chi connectivity index (χ1v) is 10.5. The molecule has 0 aliphatic carbocycles. The van der Waals surface area contributed by atoms with E-state index in [1.54, 1.807) is 0 Å². The minimum Gasteiger partial charge on any atom is -0.373 e. The summed E-state index contributed by atoms with van der Waals surface area (Å²) in [7, 11) is 1.91. The SMILES string of the molecule is CNc1nc(N2CCN(c3ccccc3C)CC2)nc(Nc2ccc(C)cc2)c1C. The number of rotatable bonds is 5. The van der Waals surface area contributed by atoms with Crippen molar-refractivity contribution in [3.8, 4) is 0 Å². The summed E-state index contributed by atoms with van der Waals surface area (Å²) in [6, 6.07) is 16.9. The first kappa shape index (κ1) is 20.0. The highest BCUT2D eigenvalue weighted by Crippen LogP contribution is 2.28. The Kier molecular flexibility index (Phi) is 5.74. The highest BCUT2D eigenvalue weighted by Gasteiger charge is 2.22. The molecule has 1 aliphatic heterocycles. The molecule has 0 amide bonds. The van der Waals surface area contributed by atoms with Crippen LogP contribution in [0.4, 0.5) is 29.0 Å². The molecule has 1 fully saturated rings. The van der Waals surface area contributed by atoms with Crippen molar-refractivity contribution in [1.29, 1.82) is 0 Å². The van der Waals surface area contributed by atoms with Gasteiger partial charge in [0, 0.05) is 50.2 Å². The maximum atomic E-state index is 4.88. The van der Waals surface area contributed by atoms with Gasteiger partial charge in [-0.3, -0.25) is 0 Å². The lowest BCUT2D eigenvalue weighted by atomic mass is 10.1. The molecule has 0 bridgehead atoms. The van der Waals surface area contributed by atoms with E-state index in [1.807, 2.05) is 14.0 Å². The average Bonchev–Trinajstić information content (AvgIpc) is 2.77. The number of para-hydroxylation sites is 1. The molecule has 156 valence electrons. The van der Waals surface area contributed by atoms with Gasteiger partial charge in [-0.15, -0.1) is 0 Å². The minimum absolute atomic E-state index is 0.768. The topological polar surface area (TPSA) is 56.3 Å². The molecule has 30 heavy (non-hydrogen) atoms. The number of aromatic nitrogens is 2. The quantitative estimate of drug-likeness (QED) is 0.655. The molecule has 0 atom stereocenters. The van der Waals surface area contributed by atoms with E-state index in [0.717, 1.165) is 55.0 Å². The van der Waals surface area contributed by atoms with E-state index in [-0.39, 0.29) is 0 Å². The van der Waals surface area contributed by atoms with Crippen molar-refractivity contribution in [1.82, 2.24) is 9.97 Å². The van der Waals surface area contributed by atoms with Gasteiger partial charge in [-0.25, -0.2) is 0 Å². The van der Waals surface area contributed by atoms with Gasteiger partial charge in [0.15, 0.2) is 0 Å². The summed E-state index contributed by atoms with van der Waals surface area (Å²) in [5, 5.41) is 6.69. The van der Waals surface area contributed by atoms with Crippen LogP contribution in [0.1, 0.15) is 16.7 Å². The van der Waals surface area contributed by atoms with E-state index >= 15 is 0 Å². The third kappa shape index (κ3) is 4.17. The molecule has 0 saturated carbocycles. The Bertz CT molecular complexity index is 1010. The van der Waals surface area contributed by atoms with E-state index in [1.165, 1.54) is 16.8 Å². The normalized spacial score (nSPS) is 14.0. The largest absolute Gasteiger partial charge is 0.373 e. The number of hydrogen-bond donors (Lipinski definition) is 2. The zero-order valence-electron chi connectivity index (χ0n) is 18.2. The Morgan fingerprint density at radius 2 is 1.40 bits per heavy atom. The molecule has 1 aliphatic rings. The van der Waals surface area contributed by atoms with Crippen LogP contribution in [-0.4, -0.2) is 43.2 Å². The fraction of sp³-hybridized carbons (Fsp3) is 0.333. The summed E-state index contributed by atoms with van der Waals surface area (Å²) < 4.78 is 0. The summed E-state index contributed by atoms with van der Waals surface area (Å²) in [4.78, 5) is 14.4. The fourth-order valence-electron chi connectivity index (χ4n) is 3.85. The second-order valence-electron chi connectivity index (χ2n) is 7.85. The molecule has 4 rings (SSSR count). The predicted molar refractivity (Wildman–Crippen MR) is 126 cm³/mol. The molecule has 3 aromatic rings. The molecule has 0 radical (unpaired) electrons. The zero-order chi connectivity index (χ0) is 21.1. The van der Waals surface area contributed by atoms with Gasteiger partial charge < -0.3 is 20.4 Å². The smallest absolute Gasteiger partial charge is 0.229 e. The van der Waals surface area contributed by atoms with Crippen molar-refractivity contribution in [3.05, 3.63) is 65.2 Å². The number of piperazine rings is 1. The summed E-state index contributed by atoms with van der Waals surface area (Å²) in [5.74, 6) is 2.47. The number of benzene rings is 2. The maximum absolute atomic E-state index is 4.88. The van der Waals surface area contributed by atoms with Gasteiger partial charge in [-0.2, -0.15) is 9.97 Å². The Balaban J connectivity index is 1.54. The van der Waals surface area contributed by atoms with Gasteiger partial charge in [0.05, 0.1) is 0 Å². The lowest BCUT2D eigenvalue weighted by Gasteiger charge is -2.37. The highest BCUT2D eigenvalue weighted by atomic mass is 15.3. The van der Waals surface area contributed by atoms with Crippen molar-refractivity contribution in [3.63, 3.8) is 0 Å². The second kappa shape index (κ2) is 8.61. The van der Waals surface area contributed by atoms with E-state index in [9.17, 15) is 0 Å². The predicted octanol–water partition coefficient (Wildman–Crippen LogP) is 4.51. The van der Waals surface area contributed by atoms with Crippen molar-refractivity contribution in [2.75, 3.05) is 53.7 Å². The van der Waals surface area contributed by atoms with Crippen LogP contribution in [0.2, 0.25) is 0 Å². The van der Waals surface area contributed by atoms with Gasteiger partial charge in [-0.1, -0.05) is 35.9 Å². The molecule has 2 N–H and O–H groups in total.